The molecule has 0 aromatic heterocycles. The van der Waals surface area contributed by atoms with Crippen LogP contribution in [-0.4, -0.2) is 32.8 Å². The second kappa shape index (κ2) is 8.82. The van der Waals surface area contributed by atoms with E-state index in [0.717, 1.165) is 5.75 Å². The van der Waals surface area contributed by atoms with E-state index in [4.69, 9.17) is 14.2 Å². The van der Waals surface area contributed by atoms with Gasteiger partial charge in [0.1, 0.15) is 12.4 Å². The van der Waals surface area contributed by atoms with Crippen molar-refractivity contribution < 1.29 is 19.0 Å². The lowest BCUT2D eigenvalue weighted by Gasteiger charge is -2.11. The lowest BCUT2D eigenvalue weighted by molar-refractivity contribution is 0.0946. The van der Waals surface area contributed by atoms with Crippen LogP contribution in [-0.2, 0) is 0 Å². The van der Waals surface area contributed by atoms with E-state index >= 15 is 0 Å². The number of benzene rings is 2. The molecule has 0 aliphatic heterocycles. The Morgan fingerprint density at radius 2 is 1.79 bits per heavy atom. The van der Waals surface area contributed by atoms with Gasteiger partial charge in [-0.05, 0) is 44.2 Å². The van der Waals surface area contributed by atoms with Crippen molar-refractivity contribution >= 4 is 5.91 Å². The number of aryl methyl sites for hydroxylation is 1. The molecule has 0 heterocycles. The summed E-state index contributed by atoms with van der Waals surface area (Å²) in [6, 6.07) is 12.9. The summed E-state index contributed by atoms with van der Waals surface area (Å²) in [5.74, 6) is 1.78. The first kappa shape index (κ1) is 17.7. The maximum Gasteiger partial charge on any atom is 0.251 e. The first-order valence-corrected chi connectivity index (χ1v) is 7.92. The molecule has 0 bridgehead atoms. The average molecular weight is 329 g/mol. The van der Waals surface area contributed by atoms with Gasteiger partial charge in [-0.3, -0.25) is 4.79 Å². The van der Waals surface area contributed by atoms with Crippen LogP contribution in [0.15, 0.2) is 42.5 Å². The van der Waals surface area contributed by atoms with E-state index in [1.165, 1.54) is 5.56 Å². The number of methoxy groups -OCH3 is 1. The van der Waals surface area contributed by atoms with Crippen molar-refractivity contribution in [2.24, 2.45) is 0 Å². The molecule has 0 aliphatic carbocycles. The maximum absolute atomic E-state index is 12.2. The van der Waals surface area contributed by atoms with Crippen LogP contribution < -0.4 is 19.5 Å². The van der Waals surface area contributed by atoms with Crippen molar-refractivity contribution in [1.82, 2.24) is 5.32 Å². The van der Waals surface area contributed by atoms with Crippen molar-refractivity contribution in [3.8, 4) is 17.2 Å². The Labute approximate surface area is 142 Å². The van der Waals surface area contributed by atoms with Crippen molar-refractivity contribution in [2.45, 2.75) is 13.8 Å². The van der Waals surface area contributed by atoms with Crippen molar-refractivity contribution in [3.63, 3.8) is 0 Å². The van der Waals surface area contributed by atoms with Crippen LogP contribution in [0, 0.1) is 6.92 Å². The molecule has 2 aromatic carbocycles. The number of hydrogen-bond acceptors (Lipinski definition) is 4. The van der Waals surface area contributed by atoms with Gasteiger partial charge in [-0.2, -0.15) is 0 Å². The molecule has 0 fully saturated rings. The molecule has 2 rings (SSSR count). The van der Waals surface area contributed by atoms with E-state index in [0.29, 0.717) is 36.8 Å². The van der Waals surface area contributed by atoms with Gasteiger partial charge in [0.2, 0.25) is 0 Å². The molecule has 0 saturated carbocycles. The minimum Gasteiger partial charge on any atom is -0.493 e. The molecular formula is C19H23NO4. The number of carbonyl (C=O) groups excluding carboxylic acids is 1. The quantitative estimate of drug-likeness (QED) is 0.756. The van der Waals surface area contributed by atoms with Gasteiger partial charge < -0.3 is 19.5 Å². The maximum atomic E-state index is 12.2. The van der Waals surface area contributed by atoms with E-state index in [9.17, 15) is 4.79 Å². The summed E-state index contributed by atoms with van der Waals surface area (Å²) in [4.78, 5) is 12.2. The van der Waals surface area contributed by atoms with Crippen LogP contribution in [0.25, 0.3) is 0 Å². The summed E-state index contributed by atoms with van der Waals surface area (Å²) in [5, 5.41) is 2.82. The molecule has 1 amide bonds. The topological polar surface area (TPSA) is 56.8 Å². The zero-order valence-corrected chi connectivity index (χ0v) is 14.3. The van der Waals surface area contributed by atoms with E-state index in [1.807, 2.05) is 38.1 Å². The highest BCUT2D eigenvalue weighted by molar-refractivity contribution is 5.94. The SMILES string of the molecule is CCOc1ccc(C(=O)NCCOc2ccc(C)cc2)cc1OC. The van der Waals surface area contributed by atoms with E-state index in [-0.39, 0.29) is 5.91 Å². The number of amides is 1. The van der Waals surface area contributed by atoms with Gasteiger partial charge in [0.05, 0.1) is 20.3 Å². The van der Waals surface area contributed by atoms with Gasteiger partial charge in [0.25, 0.3) is 5.91 Å². The smallest absolute Gasteiger partial charge is 0.251 e. The number of ether oxygens (including phenoxy) is 3. The first-order valence-electron chi connectivity index (χ1n) is 7.92. The summed E-state index contributed by atoms with van der Waals surface area (Å²) in [6.07, 6.45) is 0. The monoisotopic (exact) mass is 329 g/mol. The molecule has 5 nitrogen and oxygen atoms in total. The average Bonchev–Trinajstić information content (AvgIpc) is 2.60. The number of carbonyl (C=O) groups is 1. The highest BCUT2D eigenvalue weighted by atomic mass is 16.5. The Bertz CT molecular complexity index is 668. The van der Waals surface area contributed by atoms with Crippen LogP contribution in [0.3, 0.4) is 0 Å². The van der Waals surface area contributed by atoms with Gasteiger partial charge in [-0.25, -0.2) is 0 Å². The third kappa shape index (κ3) is 4.91. The molecule has 0 atom stereocenters. The lowest BCUT2D eigenvalue weighted by Crippen LogP contribution is -2.28. The van der Waals surface area contributed by atoms with E-state index in [1.54, 1.807) is 25.3 Å². The van der Waals surface area contributed by atoms with Gasteiger partial charge in [0.15, 0.2) is 11.5 Å². The molecule has 0 radical (unpaired) electrons. The fourth-order valence-corrected chi connectivity index (χ4v) is 2.15. The summed E-state index contributed by atoms with van der Waals surface area (Å²) >= 11 is 0. The summed E-state index contributed by atoms with van der Waals surface area (Å²) in [6.45, 7) is 5.28. The fraction of sp³-hybridized carbons (Fsp3) is 0.316. The minimum atomic E-state index is -0.177. The third-order valence-electron chi connectivity index (χ3n) is 3.40. The molecule has 0 saturated heterocycles. The van der Waals surface area contributed by atoms with Gasteiger partial charge in [0, 0.05) is 5.56 Å². The van der Waals surface area contributed by atoms with Crippen molar-refractivity contribution in [3.05, 3.63) is 53.6 Å². The van der Waals surface area contributed by atoms with Gasteiger partial charge in [-0.1, -0.05) is 17.7 Å². The Morgan fingerprint density at radius 1 is 1.04 bits per heavy atom. The Kier molecular flexibility index (Phi) is 6.49. The van der Waals surface area contributed by atoms with E-state index in [2.05, 4.69) is 5.32 Å². The lowest BCUT2D eigenvalue weighted by atomic mass is 10.2. The molecule has 0 unspecified atom stereocenters. The molecule has 1 N–H and O–H groups in total. The van der Waals surface area contributed by atoms with Crippen molar-refractivity contribution in [2.75, 3.05) is 26.9 Å². The predicted octanol–water partition coefficient (Wildman–Crippen LogP) is 3.21. The Morgan fingerprint density at radius 3 is 2.46 bits per heavy atom. The third-order valence-corrected chi connectivity index (χ3v) is 3.40. The fourth-order valence-electron chi connectivity index (χ4n) is 2.15. The molecule has 0 spiro atoms. The number of nitrogens with one attached hydrogen (secondary N) is 1. The standard InChI is InChI=1S/C19H23NO4/c1-4-23-17-10-7-15(13-18(17)22-3)19(21)20-11-12-24-16-8-5-14(2)6-9-16/h5-10,13H,4,11-12H2,1-3H3,(H,20,21). The molecule has 2 aromatic rings. The molecule has 0 aliphatic rings. The molecule has 128 valence electrons. The highest BCUT2D eigenvalue weighted by Crippen LogP contribution is 2.27. The van der Waals surface area contributed by atoms with Crippen LogP contribution in [0.2, 0.25) is 0 Å². The minimum absolute atomic E-state index is 0.177. The predicted molar refractivity (Wildman–Crippen MR) is 93.2 cm³/mol. The molecule has 5 heteroatoms. The van der Waals surface area contributed by atoms with Crippen LogP contribution >= 0.6 is 0 Å². The Balaban J connectivity index is 1.84. The van der Waals surface area contributed by atoms with Crippen LogP contribution in [0.5, 0.6) is 17.2 Å². The first-order chi connectivity index (χ1) is 11.6. The zero-order valence-electron chi connectivity index (χ0n) is 14.3. The zero-order chi connectivity index (χ0) is 17.4. The molecular weight excluding hydrogens is 306 g/mol. The number of rotatable bonds is 8. The second-order valence-corrected chi connectivity index (χ2v) is 5.22. The van der Waals surface area contributed by atoms with Gasteiger partial charge >= 0.3 is 0 Å². The van der Waals surface area contributed by atoms with Crippen LogP contribution in [0.1, 0.15) is 22.8 Å². The van der Waals surface area contributed by atoms with E-state index < -0.39 is 0 Å². The molecule has 24 heavy (non-hydrogen) atoms. The Hall–Kier alpha value is -2.69. The van der Waals surface area contributed by atoms with Crippen molar-refractivity contribution in [1.29, 1.82) is 0 Å². The normalized spacial score (nSPS) is 10.1. The van der Waals surface area contributed by atoms with Crippen LogP contribution in [0.4, 0.5) is 0 Å². The highest BCUT2D eigenvalue weighted by Gasteiger charge is 2.10. The summed E-state index contributed by atoms with van der Waals surface area (Å²) < 4.78 is 16.3. The van der Waals surface area contributed by atoms with Gasteiger partial charge in [-0.15, -0.1) is 0 Å². The summed E-state index contributed by atoms with van der Waals surface area (Å²) in [7, 11) is 1.55. The largest absolute Gasteiger partial charge is 0.493 e. The second-order valence-electron chi connectivity index (χ2n) is 5.22. The number of hydrogen-bond donors (Lipinski definition) is 1. The summed E-state index contributed by atoms with van der Waals surface area (Å²) in [5.41, 5.74) is 1.70.